The number of nitrogens with one attached hydrogen (secondary N) is 2. The van der Waals surface area contributed by atoms with Crippen LogP contribution in [-0.2, 0) is 4.79 Å². The van der Waals surface area contributed by atoms with Crippen LogP contribution in [0.25, 0.3) is 0 Å². The highest BCUT2D eigenvalue weighted by atomic mass is 19.4. The van der Waals surface area contributed by atoms with E-state index in [4.69, 9.17) is 4.52 Å². The largest absolute Gasteiger partial charge is 0.404 e. The van der Waals surface area contributed by atoms with E-state index < -0.39 is 24.0 Å². The van der Waals surface area contributed by atoms with Crippen molar-refractivity contribution in [3.05, 3.63) is 11.3 Å². The highest BCUT2D eigenvalue weighted by molar-refractivity contribution is 5.95. The molecule has 2 heterocycles. The number of hydrogen-bond acceptors (Lipinski definition) is 4. The third kappa shape index (κ3) is 2.20. The van der Waals surface area contributed by atoms with Gasteiger partial charge in [0.25, 0.3) is 0 Å². The van der Waals surface area contributed by atoms with Gasteiger partial charge in [0.2, 0.25) is 11.8 Å². The van der Waals surface area contributed by atoms with Crippen LogP contribution in [0, 0.1) is 19.3 Å². The Labute approximate surface area is 107 Å². The molecule has 0 aliphatic carbocycles. The predicted molar refractivity (Wildman–Crippen MR) is 60.6 cm³/mol. The summed E-state index contributed by atoms with van der Waals surface area (Å²) in [5.41, 5.74) is -1.35. The van der Waals surface area contributed by atoms with Crippen molar-refractivity contribution in [3.63, 3.8) is 0 Å². The van der Waals surface area contributed by atoms with E-state index in [1.54, 1.807) is 13.8 Å². The monoisotopic (exact) mass is 277 g/mol. The molecule has 1 aliphatic rings. The lowest BCUT2D eigenvalue weighted by Crippen LogP contribution is -2.49. The van der Waals surface area contributed by atoms with Crippen molar-refractivity contribution in [1.82, 2.24) is 10.5 Å². The molecule has 1 unspecified atom stereocenters. The molecule has 106 valence electrons. The fourth-order valence-corrected chi connectivity index (χ4v) is 2.01. The summed E-state index contributed by atoms with van der Waals surface area (Å²) < 4.78 is 44.2. The van der Waals surface area contributed by atoms with Crippen LogP contribution >= 0.6 is 0 Å². The topological polar surface area (TPSA) is 67.2 Å². The van der Waals surface area contributed by atoms with Crippen LogP contribution in [-0.4, -0.2) is 30.3 Å². The normalized spacial score (nSPS) is 23.6. The molecule has 1 aromatic heterocycles. The third-order valence-electron chi connectivity index (χ3n) is 3.52. The average Bonchev–Trinajstić information content (AvgIpc) is 2.91. The predicted octanol–water partition coefficient (Wildman–Crippen LogP) is 1.77. The summed E-state index contributed by atoms with van der Waals surface area (Å²) in [7, 11) is 0. The van der Waals surface area contributed by atoms with Crippen molar-refractivity contribution in [3.8, 4) is 0 Å². The van der Waals surface area contributed by atoms with Crippen LogP contribution in [0.4, 0.5) is 19.1 Å². The molecule has 1 amide bonds. The van der Waals surface area contributed by atoms with Crippen LogP contribution in [0.2, 0.25) is 0 Å². The second-order valence-electron chi connectivity index (χ2n) is 4.68. The van der Waals surface area contributed by atoms with Gasteiger partial charge in [-0.25, -0.2) is 0 Å². The van der Waals surface area contributed by atoms with E-state index in [1.165, 1.54) is 0 Å². The quantitative estimate of drug-likeness (QED) is 0.864. The highest BCUT2D eigenvalue weighted by Gasteiger charge is 2.61. The number of nitrogens with zero attached hydrogens (tertiary/aromatic N) is 1. The van der Waals surface area contributed by atoms with Crippen molar-refractivity contribution in [2.45, 2.75) is 26.4 Å². The van der Waals surface area contributed by atoms with Gasteiger partial charge in [-0.05, 0) is 26.8 Å². The first-order chi connectivity index (χ1) is 8.78. The Morgan fingerprint density at radius 1 is 1.47 bits per heavy atom. The van der Waals surface area contributed by atoms with Crippen molar-refractivity contribution >= 4 is 11.8 Å². The minimum absolute atomic E-state index is 0.0296. The van der Waals surface area contributed by atoms with Crippen molar-refractivity contribution in [1.29, 1.82) is 0 Å². The molecule has 19 heavy (non-hydrogen) atoms. The zero-order valence-corrected chi connectivity index (χ0v) is 10.5. The second-order valence-corrected chi connectivity index (χ2v) is 4.68. The number of hydrogen-bond donors (Lipinski definition) is 2. The first kappa shape index (κ1) is 13.9. The summed E-state index contributed by atoms with van der Waals surface area (Å²) in [5.74, 6) is -1.14. The minimum atomic E-state index is -4.61. The van der Waals surface area contributed by atoms with Gasteiger partial charge in [0.1, 0.15) is 0 Å². The van der Waals surface area contributed by atoms with Gasteiger partial charge in [0, 0.05) is 12.1 Å². The number of anilines is 1. The van der Waals surface area contributed by atoms with E-state index in [9.17, 15) is 18.0 Å². The number of alkyl halides is 3. The molecule has 1 atom stereocenters. The molecule has 8 heteroatoms. The minimum Gasteiger partial charge on any atom is -0.338 e. The maximum Gasteiger partial charge on any atom is 0.404 e. The van der Waals surface area contributed by atoms with Gasteiger partial charge < -0.3 is 9.84 Å². The SMILES string of the molecule is Cc1noc(NC(=O)C2(C(F)(F)F)CCNC2)c1C. The van der Waals surface area contributed by atoms with Gasteiger partial charge >= 0.3 is 6.18 Å². The van der Waals surface area contributed by atoms with Crippen LogP contribution in [0.15, 0.2) is 4.52 Å². The molecule has 1 aliphatic heterocycles. The van der Waals surface area contributed by atoms with E-state index in [1.807, 2.05) is 0 Å². The second kappa shape index (κ2) is 4.52. The molecule has 0 spiro atoms. The highest BCUT2D eigenvalue weighted by Crippen LogP contribution is 2.43. The summed E-state index contributed by atoms with van der Waals surface area (Å²) in [4.78, 5) is 12.0. The number of amides is 1. The molecule has 1 aromatic rings. The number of aromatic nitrogens is 1. The Hall–Kier alpha value is -1.57. The van der Waals surface area contributed by atoms with Crippen molar-refractivity contribution in [2.24, 2.45) is 5.41 Å². The molecule has 1 fully saturated rings. The van der Waals surface area contributed by atoms with Gasteiger partial charge in [0.05, 0.1) is 5.69 Å². The molecular weight excluding hydrogens is 263 g/mol. The fraction of sp³-hybridized carbons (Fsp3) is 0.636. The van der Waals surface area contributed by atoms with Crippen LogP contribution in [0.1, 0.15) is 17.7 Å². The van der Waals surface area contributed by atoms with Gasteiger partial charge in [-0.2, -0.15) is 13.2 Å². The number of rotatable bonds is 2. The molecule has 2 rings (SSSR count). The van der Waals surface area contributed by atoms with E-state index in [0.29, 0.717) is 11.3 Å². The third-order valence-corrected chi connectivity index (χ3v) is 3.52. The van der Waals surface area contributed by atoms with Crippen LogP contribution in [0.3, 0.4) is 0 Å². The van der Waals surface area contributed by atoms with Crippen LogP contribution in [0.5, 0.6) is 0 Å². The Kier molecular flexibility index (Phi) is 3.29. The lowest BCUT2D eigenvalue weighted by atomic mass is 9.85. The van der Waals surface area contributed by atoms with Gasteiger partial charge in [-0.3, -0.25) is 10.1 Å². The Morgan fingerprint density at radius 2 is 2.16 bits per heavy atom. The molecule has 0 saturated carbocycles. The zero-order chi connectivity index (χ0) is 14.3. The van der Waals surface area contributed by atoms with E-state index in [0.717, 1.165) is 0 Å². The Morgan fingerprint density at radius 3 is 2.58 bits per heavy atom. The fourth-order valence-electron chi connectivity index (χ4n) is 2.01. The zero-order valence-electron chi connectivity index (χ0n) is 10.5. The molecule has 0 aromatic carbocycles. The Bertz CT molecular complexity index is 490. The lowest BCUT2D eigenvalue weighted by molar-refractivity contribution is -0.213. The molecule has 5 nitrogen and oxygen atoms in total. The maximum absolute atomic E-state index is 13.1. The first-order valence-corrected chi connectivity index (χ1v) is 5.80. The van der Waals surface area contributed by atoms with Crippen molar-refractivity contribution in [2.75, 3.05) is 18.4 Å². The summed E-state index contributed by atoms with van der Waals surface area (Å²) in [5, 5.41) is 8.37. The van der Waals surface area contributed by atoms with E-state index in [-0.39, 0.29) is 18.8 Å². The van der Waals surface area contributed by atoms with E-state index >= 15 is 0 Å². The summed E-state index contributed by atoms with van der Waals surface area (Å²) in [6, 6.07) is 0. The van der Waals surface area contributed by atoms with Crippen LogP contribution < -0.4 is 10.6 Å². The number of carbonyl (C=O) groups excluding carboxylic acids is 1. The molecule has 0 bridgehead atoms. The smallest absolute Gasteiger partial charge is 0.338 e. The summed E-state index contributed by atoms with van der Waals surface area (Å²) in [6.07, 6.45) is -4.89. The summed E-state index contributed by atoms with van der Waals surface area (Å²) in [6.45, 7) is 3.00. The number of carbonyl (C=O) groups is 1. The lowest BCUT2D eigenvalue weighted by Gasteiger charge is -2.28. The van der Waals surface area contributed by atoms with Gasteiger partial charge in [-0.1, -0.05) is 5.16 Å². The van der Waals surface area contributed by atoms with E-state index in [2.05, 4.69) is 15.8 Å². The first-order valence-electron chi connectivity index (χ1n) is 5.80. The van der Waals surface area contributed by atoms with Gasteiger partial charge in [-0.15, -0.1) is 0 Å². The number of aryl methyl sites for hydroxylation is 1. The molecule has 2 N–H and O–H groups in total. The summed E-state index contributed by atoms with van der Waals surface area (Å²) >= 11 is 0. The molecule has 1 saturated heterocycles. The Balaban J connectivity index is 2.25. The number of halogens is 3. The van der Waals surface area contributed by atoms with Gasteiger partial charge in [0.15, 0.2) is 5.41 Å². The van der Waals surface area contributed by atoms with Crippen molar-refractivity contribution < 1.29 is 22.5 Å². The molecule has 0 radical (unpaired) electrons. The standard InChI is InChI=1S/C11H14F3N3O2/c1-6-7(2)17-19-8(6)16-9(18)10(11(12,13)14)3-4-15-5-10/h15H,3-5H2,1-2H3,(H,16,18). The average molecular weight is 277 g/mol. The maximum atomic E-state index is 13.1. The molecular formula is C11H14F3N3O2.